The molecule has 1 aromatic carbocycles. The number of halogens is 3. The van der Waals surface area contributed by atoms with Crippen LogP contribution in [0, 0.1) is 10.1 Å². The highest BCUT2D eigenvalue weighted by Crippen LogP contribution is 2.36. The third-order valence-corrected chi connectivity index (χ3v) is 3.77. The molecule has 0 spiro atoms. The van der Waals surface area contributed by atoms with Gasteiger partial charge in [0, 0.05) is 6.07 Å². The highest BCUT2D eigenvalue weighted by Gasteiger charge is 2.33. The Hall–Kier alpha value is -1.77. The van der Waals surface area contributed by atoms with Gasteiger partial charge in [0.2, 0.25) is 0 Å². The standard InChI is InChI=1S/C13H14F3NO4S/c1-3-8(2)21-12(18)7-22-11-5-4-9(13(14,15)16)6-10(11)17(19)20/h4-6,8H,3,7H2,1-2H3. The highest BCUT2D eigenvalue weighted by molar-refractivity contribution is 8.00. The molecule has 1 unspecified atom stereocenters. The van der Waals surface area contributed by atoms with E-state index >= 15 is 0 Å². The van der Waals surface area contributed by atoms with Gasteiger partial charge in [0.25, 0.3) is 5.69 Å². The average molecular weight is 337 g/mol. The summed E-state index contributed by atoms with van der Waals surface area (Å²) in [6, 6.07) is 2.19. The summed E-state index contributed by atoms with van der Waals surface area (Å²) in [6.07, 6.45) is -4.32. The number of rotatable bonds is 6. The minimum Gasteiger partial charge on any atom is -0.462 e. The first-order chi connectivity index (χ1) is 10.1. The Bertz CT molecular complexity index is 563. The van der Waals surface area contributed by atoms with Crippen molar-refractivity contribution in [1.82, 2.24) is 0 Å². The van der Waals surface area contributed by atoms with Crippen molar-refractivity contribution in [1.29, 1.82) is 0 Å². The monoisotopic (exact) mass is 337 g/mol. The fraction of sp³-hybridized carbons (Fsp3) is 0.462. The summed E-state index contributed by atoms with van der Waals surface area (Å²) in [4.78, 5) is 21.5. The highest BCUT2D eigenvalue weighted by atomic mass is 32.2. The number of alkyl halides is 3. The third-order valence-electron chi connectivity index (χ3n) is 2.74. The van der Waals surface area contributed by atoms with Crippen LogP contribution in [0.5, 0.6) is 0 Å². The first kappa shape index (κ1) is 18.3. The summed E-state index contributed by atoms with van der Waals surface area (Å²) in [7, 11) is 0. The van der Waals surface area contributed by atoms with Gasteiger partial charge >= 0.3 is 12.1 Å². The van der Waals surface area contributed by atoms with Crippen LogP contribution in [0.25, 0.3) is 0 Å². The maximum absolute atomic E-state index is 12.6. The van der Waals surface area contributed by atoms with Crippen LogP contribution < -0.4 is 0 Å². The second-order valence-corrected chi connectivity index (χ2v) is 5.45. The number of nitrogens with zero attached hydrogens (tertiary/aromatic N) is 1. The fourth-order valence-corrected chi connectivity index (χ4v) is 2.22. The van der Waals surface area contributed by atoms with Gasteiger partial charge in [-0.3, -0.25) is 14.9 Å². The molecule has 122 valence electrons. The van der Waals surface area contributed by atoms with E-state index in [9.17, 15) is 28.1 Å². The molecule has 0 radical (unpaired) electrons. The maximum atomic E-state index is 12.6. The minimum absolute atomic E-state index is 0.0147. The van der Waals surface area contributed by atoms with E-state index in [1.54, 1.807) is 6.92 Å². The lowest BCUT2D eigenvalue weighted by Gasteiger charge is -2.11. The van der Waals surface area contributed by atoms with Crippen molar-refractivity contribution in [3.8, 4) is 0 Å². The van der Waals surface area contributed by atoms with Crippen molar-refractivity contribution >= 4 is 23.4 Å². The number of esters is 1. The molecule has 0 saturated heterocycles. The van der Waals surface area contributed by atoms with Crippen LogP contribution in [0.4, 0.5) is 18.9 Å². The number of ether oxygens (including phenoxy) is 1. The normalized spacial score (nSPS) is 12.8. The molecule has 0 aliphatic heterocycles. The molecule has 0 N–H and O–H groups in total. The summed E-state index contributed by atoms with van der Waals surface area (Å²) in [5.74, 6) is -0.787. The molecule has 0 aromatic heterocycles. The van der Waals surface area contributed by atoms with Gasteiger partial charge in [-0.25, -0.2) is 0 Å². The Morgan fingerprint density at radius 2 is 2.09 bits per heavy atom. The van der Waals surface area contributed by atoms with E-state index < -0.39 is 28.3 Å². The van der Waals surface area contributed by atoms with E-state index in [2.05, 4.69) is 0 Å². The minimum atomic E-state index is -4.66. The molecule has 0 aliphatic carbocycles. The fourth-order valence-electron chi connectivity index (χ4n) is 1.44. The second kappa shape index (κ2) is 7.48. The van der Waals surface area contributed by atoms with Gasteiger partial charge in [0.05, 0.1) is 27.2 Å². The van der Waals surface area contributed by atoms with Crippen LogP contribution in [-0.2, 0) is 15.7 Å². The number of hydrogen-bond acceptors (Lipinski definition) is 5. The topological polar surface area (TPSA) is 69.4 Å². The molecule has 0 saturated carbocycles. The lowest BCUT2D eigenvalue weighted by atomic mass is 10.2. The van der Waals surface area contributed by atoms with E-state index in [-0.39, 0.29) is 16.8 Å². The van der Waals surface area contributed by atoms with Crippen LogP contribution in [0.3, 0.4) is 0 Å². The summed E-state index contributed by atoms with van der Waals surface area (Å²) >= 11 is 0.772. The Labute approximate surface area is 129 Å². The van der Waals surface area contributed by atoms with Gasteiger partial charge in [-0.05, 0) is 25.5 Å². The number of thioether (sulfide) groups is 1. The zero-order valence-corrected chi connectivity index (χ0v) is 12.7. The maximum Gasteiger partial charge on any atom is 0.416 e. The van der Waals surface area contributed by atoms with E-state index in [1.165, 1.54) is 0 Å². The first-order valence-corrected chi connectivity index (χ1v) is 7.31. The smallest absolute Gasteiger partial charge is 0.416 e. The average Bonchev–Trinajstić information content (AvgIpc) is 2.43. The van der Waals surface area contributed by atoms with Gasteiger partial charge < -0.3 is 4.74 Å². The van der Waals surface area contributed by atoms with E-state index in [0.717, 1.165) is 23.9 Å². The molecule has 9 heteroatoms. The number of carbonyl (C=O) groups excluding carboxylic acids is 1. The molecule has 0 heterocycles. The van der Waals surface area contributed by atoms with Crippen LogP contribution in [0.15, 0.2) is 23.1 Å². The molecule has 0 amide bonds. The summed E-state index contributed by atoms with van der Waals surface area (Å²) in [5.41, 5.74) is -1.79. The Morgan fingerprint density at radius 3 is 2.59 bits per heavy atom. The van der Waals surface area contributed by atoms with Crippen LogP contribution in [0.1, 0.15) is 25.8 Å². The Kier molecular flexibility index (Phi) is 6.21. The number of nitro benzene ring substituents is 1. The second-order valence-electron chi connectivity index (χ2n) is 4.43. The van der Waals surface area contributed by atoms with Gasteiger partial charge in [-0.2, -0.15) is 13.2 Å². The summed E-state index contributed by atoms with van der Waals surface area (Å²) < 4.78 is 42.7. The molecule has 5 nitrogen and oxygen atoms in total. The third kappa shape index (κ3) is 5.21. The van der Waals surface area contributed by atoms with Gasteiger partial charge in [0.1, 0.15) is 0 Å². The lowest BCUT2D eigenvalue weighted by Crippen LogP contribution is -2.15. The quantitative estimate of drug-likeness (QED) is 0.339. The molecular formula is C13H14F3NO4S. The molecule has 0 bridgehead atoms. The SMILES string of the molecule is CCC(C)OC(=O)CSc1ccc(C(F)(F)F)cc1[N+](=O)[O-]. The lowest BCUT2D eigenvalue weighted by molar-refractivity contribution is -0.388. The molecule has 22 heavy (non-hydrogen) atoms. The number of carbonyl (C=O) groups is 1. The molecule has 0 aliphatic rings. The van der Waals surface area contributed by atoms with Crippen molar-refractivity contribution in [2.45, 2.75) is 37.4 Å². The Balaban J connectivity index is 2.87. The largest absolute Gasteiger partial charge is 0.462 e. The van der Waals surface area contributed by atoms with E-state index in [0.29, 0.717) is 12.5 Å². The van der Waals surface area contributed by atoms with Gasteiger partial charge in [-0.15, -0.1) is 11.8 Å². The predicted molar refractivity (Wildman–Crippen MR) is 74.7 cm³/mol. The van der Waals surface area contributed by atoms with Crippen molar-refractivity contribution in [2.75, 3.05) is 5.75 Å². The van der Waals surface area contributed by atoms with E-state index in [4.69, 9.17) is 4.74 Å². The molecule has 1 aromatic rings. The zero-order chi connectivity index (χ0) is 16.9. The van der Waals surface area contributed by atoms with Crippen molar-refractivity contribution in [2.24, 2.45) is 0 Å². The first-order valence-electron chi connectivity index (χ1n) is 6.33. The van der Waals surface area contributed by atoms with Crippen LogP contribution in [-0.4, -0.2) is 22.7 Å². The number of nitro groups is 1. The number of hydrogen-bond donors (Lipinski definition) is 0. The van der Waals surface area contributed by atoms with Crippen molar-refractivity contribution in [3.63, 3.8) is 0 Å². The zero-order valence-electron chi connectivity index (χ0n) is 11.8. The van der Waals surface area contributed by atoms with Crippen LogP contribution >= 0.6 is 11.8 Å². The van der Waals surface area contributed by atoms with Crippen LogP contribution in [0.2, 0.25) is 0 Å². The summed E-state index contributed by atoms with van der Waals surface area (Å²) in [5, 5.41) is 10.9. The number of benzene rings is 1. The van der Waals surface area contributed by atoms with Crippen molar-refractivity contribution in [3.05, 3.63) is 33.9 Å². The van der Waals surface area contributed by atoms with E-state index in [1.807, 2.05) is 6.92 Å². The molecule has 1 atom stereocenters. The molecule has 0 fully saturated rings. The van der Waals surface area contributed by atoms with Crippen molar-refractivity contribution < 1.29 is 27.6 Å². The molecule has 1 rings (SSSR count). The Morgan fingerprint density at radius 1 is 1.45 bits per heavy atom. The molecular weight excluding hydrogens is 323 g/mol. The summed E-state index contributed by atoms with van der Waals surface area (Å²) in [6.45, 7) is 3.52. The predicted octanol–water partition coefficient (Wildman–Crippen LogP) is 4.05. The van der Waals surface area contributed by atoms with Gasteiger partial charge in [-0.1, -0.05) is 6.92 Å². The van der Waals surface area contributed by atoms with Gasteiger partial charge in [0.15, 0.2) is 0 Å².